The summed E-state index contributed by atoms with van der Waals surface area (Å²) in [4.78, 5) is 27.1. The van der Waals surface area contributed by atoms with Gasteiger partial charge >= 0.3 is 5.97 Å². The van der Waals surface area contributed by atoms with Crippen LogP contribution in [-0.2, 0) is 11.2 Å². The molecule has 3 heterocycles. The smallest absolute Gasteiger partial charge is 0.335 e. The lowest BCUT2D eigenvalue weighted by Gasteiger charge is -2.25. The minimum atomic E-state index is -0.909. The molecule has 2 aliphatic heterocycles. The zero-order chi connectivity index (χ0) is 20.9. The number of nitrogens with zero attached hydrogens (tertiary/aromatic N) is 2. The summed E-state index contributed by atoms with van der Waals surface area (Å²) in [7, 11) is 0. The Morgan fingerprint density at radius 2 is 1.97 bits per heavy atom. The molecule has 2 bridgehead atoms. The summed E-state index contributed by atoms with van der Waals surface area (Å²) in [6.45, 7) is 0.107. The number of hydrogen-bond donors (Lipinski definition) is 2. The van der Waals surface area contributed by atoms with Gasteiger partial charge in [0.1, 0.15) is 5.69 Å². The quantitative estimate of drug-likeness (QED) is 0.377. The molecule has 2 aromatic rings. The topological polar surface area (TPSA) is 101 Å². The van der Waals surface area contributed by atoms with Crippen molar-refractivity contribution in [3.05, 3.63) is 65.5 Å². The predicted octanol–water partition coefficient (Wildman–Crippen LogP) is 2.96. The van der Waals surface area contributed by atoms with Crippen LogP contribution in [0.15, 0.2) is 53.8 Å². The van der Waals surface area contributed by atoms with E-state index in [2.05, 4.69) is 15.5 Å². The van der Waals surface area contributed by atoms with Crippen LogP contribution in [0.4, 0.5) is 0 Å². The average Bonchev–Trinajstić information content (AvgIpc) is 3.38. The first-order chi connectivity index (χ1) is 14.6. The standard InChI is InChI=1S/C23H25N3O4/c27-20(19-3-1-2-12-24-19)14-26-25-13-18-17(21-10-11-22(18)30-21)9-6-15-4-7-16(8-5-15)23(28)29/h1-5,7-8,12-13,17-18,21-22,26H,6,9-11,14H2,(H,28,29)/b25-13+. The van der Waals surface area contributed by atoms with Crippen molar-refractivity contribution in [3.63, 3.8) is 0 Å². The molecular formula is C23H25N3O4. The first-order valence-electron chi connectivity index (χ1n) is 10.3. The fraction of sp³-hybridized carbons (Fsp3) is 0.391. The fourth-order valence-electron chi connectivity index (χ4n) is 4.42. The van der Waals surface area contributed by atoms with Gasteiger partial charge in [0.25, 0.3) is 0 Å². The molecule has 2 N–H and O–H groups in total. The highest BCUT2D eigenvalue weighted by molar-refractivity contribution is 5.95. The molecule has 0 saturated carbocycles. The molecule has 0 radical (unpaired) electrons. The van der Waals surface area contributed by atoms with Gasteiger partial charge in [-0.2, -0.15) is 5.10 Å². The van der Waals surface area contributed by atoms with Crippen molar-refractivity contribution >= 4 is 18.0 Å². The molecule has 1 aromatic heterocycles. The number of carboxylic acids is 1. The number of carboxylic acid groups (broad SMARTS) is 1. The van der Waals surface area contributed by atoms with Gasteiger partial charge in [-0.25, -0.2) is 4.79 Å². The number of aromatic carboxylic acids is 1. The van der Waals surface area contributed by atoms with E-state index in [0.29, 0.717) is 17.2 Å². The maximum Gasteiger partial charge on any atom is 0.335 e. The van der Waals surface area contributed by atoms with Crippen LogP contribution in [-0.4, -0.2) is 46.8 Å². The van der Waals surface area contributed by atoms with E-state index in [9.17, 15) is 9.59 Å². The zero-order valence-corrected chi connectivity index (χ0v) is 16.6. The SMILES string of the molecule is O=C(O)c1ccc(CCC2C3CCC(O3)C2/C=N/NCC(=O)c2ccccn2)cc1. The molecule has 4 atom stereocenters. The molecule has 30 heavy (non-hydrogen) atoms. The molecule has 7 heteroatoms. The van der Waals surface area contributed by atoms with Crippen LogP contribution in [0.2, 0.25) is 0 Å². The maximum atomic E-state index is 12.1. The molecule has 4 rings (SSSR count). The van der Waals surface area contributed by atoms with Crippen molar-refractivity contribution in [2.75, 3.05) is 6.54 Å². The highest BCUT2D eigenvalue weighted by Crippen LogP contribution is 2.44. The van der Waals surface area contributed by atoms with Crippen LogP contribution >= 0.6 is 0 Å². The number of benzene rings is 1. The Kier molecular flexibility index (Phi) is 6.18. The molecule has 2 fully saturated rings. The molecule has 0 spiro atoms. The first-order valence-corrected chi connectivity index (χ1v) is 10.3. The third kappa shape index (κ3) is 4.57. The van der Waals surface area contributed by atoms with Crippen molar-refractivity contribution in [2.24, 2.45) is 16.9 Å². The molecule has 2 saturated heterocycles. The van der Waals surface area contributed by atoms with E-state index in [0.717, 1.165) is 31.2 Å². The normalized spacial score (nSPS) is 24.9. The van der Waals surface area contributed by atoms with Crippen LogP contribution in [0.1, 0.15) is 45.7 Å². The average molecular weight is 407 g/mol. The fourth-order valence-corrected chi connectivity index (χ4v) is 4.42. The van der Waals surface area contributed by atoms with Gasteiger partial charge in [-0.05, 0) is 61.4 Å². The number of pyridine rings is 1. The second-order valence-electron chi connectivity index (χ2n) is 7.82. The summed E-state index contributed by atoms with van der Waals surface area (Å²) < 4.78 is 6.11. The number of nitrogens with one attached hydrogen (secondary N) is 1. The van der Waals surface area contributed by atoms with Crippen LogP contribution < -0.4 is 5.43 Å². The maximum absolute atomic E-state index is 12.1. The summed E-state index contributed by atoms with van der Waals surface area (Å²) >= 11 is 0. The van der Waals surface area contributed by atoms with Crippen LogP contribution in [0.25, 0.3) is 0 Å². The third-order valence-corrected chi connectivity index (χ3v) is 5.98. The van der Waals surface area contributed by atoms with Gasteiger partial charge in [0.05, 0.1) is 24.3 Å². The Morgan fingerprint density at radius 1 is 1.17 bits per heavy atom. The number of ketones is 1. The lowest BCUT2D eigenvalue weighted by atomic mass is 9.77. The zero-order valence-electron chi connectivity index (χ0n) is 16.6. The Labute approximate surface area is 175 Å². The molecule has 1 aromatic carbocycles. The second-order valence-corrected chi connectivity index (χ2v) is 7.82. The number of carbonyl (C=O) groups excluding carboxylic acids is 1. The molecule has 2 aliphatic rings. The van der Waals surface area contributed by atoms with E-state index < -0.39 is 5.97 Å². The Hall–Kier alpha value is -3.06. The Morgan fingerprint density at radius 3 is 2.70 bits per heavy atom. The number of rotatable bonds is 9. The predicted molar refractivity (Wildman–Crippen MR) is 112 cm³/mol. The van der Waals surface area contributed by atoms with Crippen LogP contribution in [0.3, 0.4) is 0 Å². The van der Waals surface area contributed by atoms with E-state index in [-0.39, 0.29) is 30.5 Å². The second kappa shape index (κ2) is 9.17. The van der Waals surface area contributed by atoms with Crippen LogP contribution in [0.5, 0.6) is 0 Å². The van der Waals surface area contributed by atoms with Crippen molar-refractivity contribution in [2.45, 2.75) is 37.9 Å². The number of aryl methyl sites for hydroxylation is 1. The number of hydrogen-bond acceptors (Lipinski definition) is 6. The van der Waals surface area contributed by atoms with E-state index in [1.807, 2.05) is 18.3 Å². The summed E-state index contributed by atoms with van der Waals surface area (Å²) in [5.74, 6) is -0.411. The van der Waals surface area contributed by atoms with E-state index >= 15 is 0 Å². The van der Waals surface area contributed by atoms with Gasteiger partial charge in [-0.3, -0.25) is 9.78 Å². The van der Waals surface area contributed by atoms with Gasteiger partial charge < -0.3 is 15.3 Å². The number of carbonyl (C=O) groups is 2. The monoisotopic (exact) mass is 407 g/mol. The molecular weight excluding hydrogens is 382 g/mol. The number of ether oxygens (including phenoxy) is 1. The Balaban J connectivity index is 1.31. The number of hydrazone groups is 1. The number of aromatic nitrogens is 1. The van der Waals surface area contributed by atoms with Gasteiger partial charge in [0.2, 0.25) is 5.78 Å². The third-order valence-electron chi connectivity index (χ3n) is 5.98. The highest BCUT2D eigenvalue weighted by atomic mass is 16.5. The van der Waals surface area contributed by atoms with E-state index in [1.54, 1.807) is 36.5 Å². The van der Waals surface area contributed by atoms with Gasteiger partial charge in [0, 0.05) is 18.3 Å². The lowest BCUT2D eigenvalue weighted by Crippen LogP contribution is -2.30. The van der Waals surface area contributed by atoms with Gasteiger partial charge in [-0.1, -0.05) is 18.2 Å². The van der Waals surface area contributed by atoms with E-state index in [4.69, 9.17) is 9.84 Å². The summed E-state index contributed by atoms with van der Waals surface area (Å²) in [5.41, 5.74) is 4.70. The van der Waals surface area contributed by atoms with Crippen molar-refractivity contribution in [1.29, 1.82) is 0 Å². The minimum Gasteiger partial charge on any atom is -0.478 e. The largest absolute Gasteiger partial charge is 0.478 e. The van der Waals surface area contributed by atoms with Crippen molar-refractivity contribution in [3.8, 4) is 0 Å². The first kappa shape index (κ1) is 20.2. The molecule has 7 nitrogen and oxygen atoms in total. The van der Waals surface area contributed by atoms with Crippen molar-refractivity contribution < 1.29 is 19.4 Å². The number of Topliss-reactive ketones (excluding diaryl/α,β-unsaturated/α-hetero) is 1. The summed E-state index contributed by atoms with van der Waals surface area (Å²) in [5, 5.41) is 13.3. The number of fused-ring (bicyclic) bond motifs is 2. The molecule has 156 valence electrons. The summed E-state index contributed by atoms with van der Waals surface area (Å²) in [6.07, 6.45) is 7.87. The van der Waals surface area contributed by atoms with Gasteiger partial charge in [0.15, 0.2) is 0 Å². The van der Waals surface area contributed by atoms with Crippen LogP contribution in [0, 0.1) is 11.8 Å². The molecule has 4 unspecified atom stereocenters. The van der Waals surface area contributed by atoms with Gasteiger partial charge in [-0.15, -0.1) is 0 Å². The minimum absolute atomic E-state index is 0.0988. The highest BCUT2D eigenvalue weighted by Gasteiger charge is 2.47. The summed E-state index contributed by atoms with van der Waals surface area (Å²) in [6, 6.07) is 12.3. The molecule has 0 aliphatic carbocycles. The molecule has 0 amide bonds. The van der Waals surface area contributed by atoms with E-state index in [1.165, 1.54) is 0 Å². The van der Waals surface area contributed by atoms with Crippen molar-refractivity contribution in [1.82, 2.24) is 10.4 Å². The lowest BCUT2D eigenvalue weighted by molar-refractivity contribution is 0.0696. The Bertz CT molecular complexity index is 914.